The molecule has 0 aliphatic heterocycles. The first-order valence-corrected chi connectivity index (χ1v) is 7.81. The van der Waals surface area contributed by atoms with Crippen molar-refractivity contribution in [3.63, 3.8) is 0 Å². The molecule has 0 amide bonds. The maximum atomic E-state index is 6.21. The molecule has 110 valence electrons. The van der Waals surface area contributed by atoms with Gasteiger partial charge < -0.3 is 5.32 Å². The predicted octanol–water partition coefficient (Wildman–Crippen LogP) is 3.59. The highest BCUT2D eigenvalue weighted by Gasteiger charge is 2.21. The zero-order chi connectivity index (χ0) is 14.8. The molecule has 0 saturated heterocycles. The molecule has 3 rings (SSSR count). The minimum absolute atomic E-state index is 0.678. The molecule has 0 radical (unpaired) electrons. The third kappa shape index (κ3) is 3.60. The Kier molecular flexibility index (Phi) is 4.22. The summed E-state index contributed by atoms with van der Waals surface area (Å²) >= 11 is 6.21. The SMILES string of the molecule is Cc1nc(Cc2ccccc2Cl)nc(C)c1CNC1CC1. The van der Waals surface area contributed by atoms with Crippen molar-refractivity contribution in [2.24, 2.45) is 0 Å². The van der Waals surface area contributed by atoms with Crippen LogP contribution in [0.3, 0.4) is 0 Å². The number of halogens is 1. The summed E-state index contributed by atoms with van der Waals surface area (Å²) in [5, 5.41) is 4.31. The maximum absolute atomic E-state index is 6.21. The first-order valence-electron chi connectivity index (χ1n) is 7.43. The van der Waals surface area contributed by atoms with Gasteiger partial charge in [0.1, 0.15) is 5.82 Å². The Balaban J connectivity index is 1.79. The molecule has 1 heterocycles. The number of benzene rings is 1. The first kappa shape index (κ1) is 14.5. The zero-order valence-electron chi connectivity index (χ0n) is 12.5. The quantitative estimate of drug-likeness (QED) is 0.917. The molecule has 0 bridgehead atoms. The summed E-state index contributed by atoms with van der Waals surface area (Å²) in [4.78, 5) is 9.32. The van der Waals surface area contributed by atoms with Gasteiger partial charge in [-0.05, 0) is 38.3 Å². The van der Waals surface area contributed by atoms with E-state index < -0.39 is 0 Å². The predicted molar refractivity (Wildman–Crippen MR) is 85.6 cm³/mol. The van der Waals surface area contributed by atoms with Crippen LogP contribution in [0.25, 0.3) is 0 Å². The Labute approximate surface area is 130 Å². The molecule has 0 unspecified atom stereocenters. The second-order valence-electron chi connectivity index (χ2n) is 5.71. The van der Waals surface area contributed by atoms with E-state index in [9.17, 15) is 0 Å². The van der Waals surface area contributed by atoms with Crippen molar-refractivity contribution < 1.29 is 0 Å². The third-order valence-corrected chi connectivity index (χ3v) is 4.29. The van der Waals surface area contributed by atoms with Crippen LogP contribution in [0.2, 0.25) is 5.02 Å². The molecule has 4 heteroatoms. The molecule has 1 aromatic heterocycles. The minimum atomic E-state index is 0.678. The van der Waals surface area contributed by atoms with Gasteiger partial charge >= 0.3 is 0 Å². The summed E-state index contributed by atoms with van der Waals surface area (Å²) in [6.45, 7) is 5.00. The van der Waals surface area contributed by atoms with Gasteiger partial charge in [0.25, 0.3) is 0 Å². The summed E-state index contributed by atoms with van der Waals surface area (Å²) in [7, 11) is 0. The van der Waals surface area contributed by atoms with Crippen LogP contribution in [0.1, 0.15) is 41.2 Å². The number of hydrogen-bond donors (Lipinski definition) is 1. The topological polar surface area (TPSA) is 37.8 Å². The van der Waals surface area contributed by atoms with Gasteiger partial charge in [0.05, 0.1) is 0 Å². The molecule has 1 N–H and O–H groups in total. The molecular formula is C17H20ClN3. The number of aryl methyl sites for hydroxylation is 2. The number of hydrogen-bond acceptors (Lipinski definition) is 3. The Hall–Kier alpha value is -1.45. The highest BCUT2D eigenvalue weighted by molar-refractivity contribution is 6.31. The summed E-state index contributed by atoms with van der Waals surface area (Å²) < 4.78 is 0. The van der Waals surface area contributed by atoms with E-state index in [0.29, 0.717) is 12.5 Å². The van der Waals surface area contributed by atoms with Crippen molar-refractivity contribution >= 4 is 11.6 Å². The normalized spacial score (nSPS) is 14.4. The molecular weight excluding hydrogens is 282 g/mol. The van der Waals surface area contributed by atoms with Gasteiger partial charge in [0.15, 0.2) is 0 Å². The average molecular weight is 302 g/mol. The van der Waals surface area contributed by atoms with E-state index in [4.69, 9.17) is 11.6 Å². The lowest BCUT2D eigenvalue weighted by atomic mass is 10.1. The van der Waals surface area contributed by atoms with E-state index >= 15 is 0 Å². The van der Waals surface area contributed by atoms with E-state index in [-0.39, 0.29) is 0 Å². The van der Waals surface area contributed by atoms with E-state index in [0.717, 1.165) is 34.3 Å². The van der Waals surface area contributed by atoms with Crippen LogP contribution in [0, 0.1) is 13.8 Å². The standard InChI is InChI=1S/C17H20ClN3/c1-11-15(10-19-14-7-8-14)12(2)21-17(20-11)9-13-5-3-4-6-16(13)18/h3-6,14,19H,7-10H2,1-2H3. The Bertz CT molecular complexity index is 627. The summed E-state index contributed by atoms with van der Waals surface area (Å²) in [6.07, 6.45) is 3.27. The smallest absolute Gasteiger partial charge is 0.133 e. The molecule has 2 aromatic rings. The van der Waals surface area contributed by atoms with Gasteiger partial charge in [0.2, 0.25) is 0 Å². The van der Waals surface area contributed by atoms with Crippen LogP contribution in [0.4, 0.5) is 0 Å². The van der Waals surface area contributed by atoms with Crippen LogP contribution in [-0.2, 0) is 13.0 Å². The van der Waals surface area contributed by atoms with Crippen LogP contribution in [0.5, 0.6) is 0 Å². The molecule has 21 heavy (non-hydrogen) atoms. The molecule has 3 nitrogen and oxygen atoms in total. The van der Waals surface area contributed by atoms with E-state index in [1.54, 1.807) is 0 Å². The van der Waals surface area contributed by atoms with Crippen LogP contribution < -0.4 is 5.32 Å². The second kappa shape index (κ2) is 6.12. The van der Waals surface area contributed by atoms with E-state index in [1.165, 1.54) is 18.4 Å². The monoisotopic (exact) mass is 301 g/mol. The van der Waals surface area contributed by atoms with Gasteiger partial charge in [-0.3, -0.25) is 0 Å². The number of rotatable bonds is 5. The highest BCUT2D eigenvalue weighted by atomic mass is 35.5. The van der Waals surface area contributed by atoms with Gasteiger partial charge in [-0.15, -0.1) is 0 Å². The van der Waals surface area contributed by atoms with Crippen molar-refractivity contribution in [2.75, 3.05) is 0 Å². The Morgan fingerprint density at radius 1 is 1.14 bits per heavy atom. The Morgan fingerprint density at radius 2 is 1.81 bits per heavy atom. The molecule has 1 aromatic carbocycles. The van der Waals surface area contributed by atoms with Gasteiger partial charge in [-0.1, -0.05) is 29.8 Å². The van der Waals surface area contributed by atoms with Crippen molar-refractivity contribution in [1.29, 1.82) is 0 Å². The third-order valence-electron chi connectivity index (χ3n) is 3.92. The summed E-state index contributed by atoms with van der Waals surface area (Å²) in [6, 6.07) is 8.57. The summed E-state index contributed by atoms with van der Waals surface area (Å²) in [5.41, 5.74) is 4.43. The first-order chi connectivity index (χ1) is 10.1. The fourth-order valence-electron chi connectivity index (χ4n) is 2.49. The fourth-order valence-corrected chi connectivity index (χ4v) is 2.69. The number of nitrogens with zero attached hydrogens (tertiary/aromatic N) is 2. The lowest BCUT2D eigenvalue weighted by Gasteiger charge is -2.12. The number of nitrogens with one attached hydrogen (secondary N) is 1. The van der Waals surface area contributed by atoms with Crippen LogP contribution in [-0.4, -0.2) is 16.0 Å². The Morgan fingerprint density at radius 3 is 2.43 bits per heavy atom. The molecule has 1 saturated carbocycles. The minimum Gasteiger partial charge on any atom is -0.310 e. The van der Waals surface area contributed by atoms with Crippen LogP contribution in [0.15, 0.2) is 24.3 Å². The average Bonchev–Trinajstić information content (AvgIpc) is 3.25. The largest absolute Gasteiger partial charge is 0.310 e. The lowest BCUT2D eigenvalue weighted by molar-refractivity contribution is 0.672. The van der Waals surface area contributed by atoms with Crippen LogP contribution >= 0.6 is 11.6 Å². The highest BCUT2D eigenvalue weighted by Crippen LogP contribution is 2.21. The molecule has 1 fully saturated rings. The second-order valence-corrected chi connectivity index (χ2v) is 6.12. The van der Waals surface area contributed by atoms with Gasteiger partial charge in [0, 0.05) is 41.0 Å². The number of aromatic nitrogens is 2. The molecule has 0 atom stereocenters. The molecule has 0 spiro atoms. The van der Waals surface area contributed by atoms with E-state index in [1.807, 2.05) is 24.3 Å². The molecule has 1 aliphatic rings. The zero-order valence-corrected chi connectivity index (χ0v) is 13.2. The lowest BCUT2D eigenvalue weighted by Crippen LogP contribution is -2.18. The van der Waals surface area contributed by atoms with Gasteiger partial charge in [-0.2, -0.15) is 0 Å². The van der Waals surface area contributed by atoms with Crippen molar-refractivity contribution in [3.05, 3.63) is 57.6 Å². The van der Waals surface area contributed by atoms with E-state index in [2.05, 4.69) is 29.1 Å². The summed E-state index contributed by atoms with van der Waals surface area (Å²) in [5.74, 6) is 0.841. The maximum Gasteiger partial charge on any atom is 0.133 e. The van der Waals surface area contributed by atoms with Crippen molar-refractivity contribution in [1.82, 2.24) is 15.3 Å². The van der Waals surface area contributed by atoms with Crippen molar-refractivity contribution in [2.45, 2.75) is 45.7 Å². The van der Waals surface area contributed by atoms with Gasteiger partial charge in [-0.25, -0.2) is 9.97 Å². The van der Waals surface area contributed by atoms with Crippen molar-refractivity contribution in [3.8, 4) is 0 Å². The fraction of sp³-hybridized carbons (Fsp3) is 0.412. The molecule has 1 aliphatic carbocycles.